The van der Waals surface area contributed by atoms with E-state index in [0.29, 0.717) is 0 Å². The quantitative estimate of drug-likeness (QED) is 0.427. The molecular formula is C3H3F3O4P-. The number of rotatable bonds is 0. The summed E-state index contributed by atoms with van der Waals surface area (Å²) in [5, 5.41) is 0. The van der Waals surface area contributed by atoms with Crippen LogP contribution in [0.3, 0.4) is 0 Å². The zero-order chi connectivity index (χ0) is 8.98. The van der Waals surface area contributed by atoms with Crippen molar-refractivity contribution in [2.24, 2.45) is 0 Å². The van der Waals surface area contributed by atoms with Crippen molar-refractivity contribution >= 4 is 19.3 Å². The van der Waals surface area contributed by atoms with Crippen molar-refractivity contribution < 1.29 is 31.2 Å². The number of hydrogen-bond acceptors (Lipinski definition) is 4. The van der Waals surface area contributed by atoms with E-state index in [1.807, 2.05) is 0 Å². The van der Waals surface area contributed by atoms with Crippen molar-refractivity contribution in [3.63, 3.8) is 0 Å². The number of carbonyl (C=O) groups excluding carboxylic acids is 2. The Morgan fingerprint density at radius 1 is 1.09 bits per heavy atom. The van der Waals surface area contributed by atoms with Gasteiger partial charge in [0.2, 0.25) is 0 Å². The van der Waals surface area contributed by atoms with Crippen LogP contribution < -0.4 is 0 Å². The van der Waals surface area contributed by atoms with Crippen LogP contribution in [0.5, 0.6) is 0 Å². The first-order chi connectivity index (χ1) is 4.51. The molecule has 0 aromatic heterocycles. The molecule has 0 bridgehead atoms. The van der Waals surface area contributed by atoms with Crippen LogP contribution in [0, 0.1) is 0 Å². The Morgan fingerprint density at radius 3 is 1.45 bits per heavy atom. The van der Waals surface area contributed by atoms with Crippen LogP contribution in [-0.4, -0.2) is 18.6 Å². The maximum absolute atomic E-state index is 12.4. The first kappa shape index (κ1) is 8.26. The first-order valence-electron chi connectivity index (χ1n) is 2.39. The fourth-order valence-corrected chi connectivity index (χ4v) is 1.54. The molecule has 0 spiro atoms. The number of halogens is 3. The third-order valence-corrected chi connectivity index (χ3v) is 2.06. The summed E-state index contributed by atoms with van der Waals surface area (Å²) in [4.78, 5) is 20.0. The molecule has 0 saturated carbocycles. The molecule has 0 atom stereocenters. The number of hydrogen-bond donors (Lipinski definition) is 0. The van der Waals surface area contributed by atoms with Gasteiger partial charge in [0.25, 0.3) is 0 Å². The summed E-state index contributed by atoms with van der Waals surface area (Å²) in [5.41, 5.74) is 0. The second-order valence-electron chi connectivity index (χ2n) is 2.31. The van der Waals surface area contributed by atoms with Gasteiger partial charge in [0.1, 0.15) is 0 Å². The Morgan fingerprint density at radius 2 is 1.36 bits per heavy atom. The molecule has 0 N–H and O–H groups in total. The van der Waals surface area contributed by atoms with Gasteiger partial charge in [-0.05, 0) is 0 Å². The summed E-state index contributed by atoms with van der Waals surface area (Å²) >= 11 is 0. The molecule has 0 aromatic rings. The molecule has 1 heterocycles. The first-order valence-corrected chi connectivity index (χ1v) is 5.02. The minimum atomic E-state index is -7.97. The van der Waals surface area contributed by atoms with Crippen molar-refractivity contribution in [1.82, 2.24) is 0 Å². The van der Waals surface area contributed by atoms with Gasteiger partial charge in [0.05, 0.1) is 0 Å². The van der Waals surface area contributed by atoms with E-state index in [4.69, 9.17) is 0 Å². The van der Waals surface area contributed by atoms with E-state index in [0.717, 1.165) is 0 Å². The molecule has 0 unspecified atom stereocenters. The molecule has 1 aliphatic rings. The second kappa shape index (κ2) is 1.24. The van der Waals surface area contributed by atoms with Gasteiger partial charge in [0, 0.05) is 0 Å². The van der Waals surface area contributed by atoms with Crippen molar-refractivity contribution in [1.29, 1.82) is 0 Å². The number of carbonyl (C=O) groups is 2. The summed E-state index contributed by atoms with van der Waals surface area (Å²) in [7, 11) is -7.97. The Labute approximate surface area is 58.3 Å². The molecule has 11 heavy (non-hydrogen) atoms. The third-order valence-electron chi connectivity index (χ3n) is 0.797. The average molecular weight is 191 g/mol. The van der Waals surface area contributed by atoms with E-state index < -0.39 is 19.3 Å². The molecule has 0 aliphatic carbocycles. The van der Waals surface area contributed by atoms with Gasteiger partial charge in [-0.15, -0.1) is 0 Å². The van der Waals surface area contributed by atoms with Crippen molar-refractivity contribution in [2.45, 2.75) is 0 Å². The maximum atomic E-state index is 12.4. The van der Waals surface area contributed by atoms with E-state index in [1.165, 1.54) is 0 Å². The normalized spacial score (nSPS) is 37.1. The zero-order valence-corrected chi connectivity index (χ0v) is 6.11. The van der Waals surface area contributed by atoms with E-state index >= 15 is 0 Å². The van der Waals surface area contributed by atoms with Crippen LogP contribution in [-0.2, 0) is 18.6 Å². The Balaban J connectivity index is 3.18. The minimum absolute atomic E-state index is 0.326. The van der Waals surface area contributed by atoms with Crippen LogP contribution in [0.2, 0.25) is 0 Å². The molecule has 1 aliphatic heterocycles. The molecule has 66 valence electrons. The monoisotopic (exact) mass is 191 g/mol. The topological polar surface area (TPSA) is 52.6 Å². The van der Waals surface area contributed by atoms with E-state index in [-0.39, 0.29) is 6.66 Å². The van der Waals surface area contributed by atoms with Gasteiger partial charge in [-0.25, -0.2) is 0 Å². The SMILES string of the molecule is C[P-]1(F)(F)(F)OC(=O)C(=O)O1. The van der Waals surface area contributed by atoms with E-state index in [2.05, 4.69) is 9.05 Å². The summed E-state index contributed by atoms with van der Waals surface area (Å²) in [6.45, 7) is -0.326. The standard InChI is InChI=1S/C3H3F3O4P/c1-11(4,5,6)9-2(7)3(8)10-11/h1H3/q-1. The van der Waals surface area contributed by atoms with Crippen LogP contribution in [0.25, 0.3) is 0 Å². The van der Waals surface area contributed by atoms with Crippen LogP contribution in [0.15, 0.2) is 0 Å². The molecule has 1 fully saturated rings. The second-order valence-corrected chi connectivity index (χ2v) is 5.78. The van der Waals surface area contributed by atoms with Crippen LogP contribution in [0.4, 0.5) is 12.6 Å². The van der Waals surface area contributed by atoms with Gasteiger partial charge in [-0.2, -0.15) is 0 Å². The van der Waals surface area contributed by atoms with Gasteiger partial charge >= 0.3 is 57.2 Å². The van der Waals surface area contributed by atoms with Gasteiger partial charge < -0.3 is 0 Å². The average Bonchev–Trinajstić information content (AvgIpc) is 1.70. The van der Waals surface area contributed by atoms with E-state index in [9.17, 15) is 22.2 Å². The molecular weight excluding hydrogens is 188 g/mol. The zero-order valence-electron chi connectivity index (χ0n) is 5.21. The summed E-state index contributed by atoms with van der Waals surface area (Å²) in [5.74, 6) is -4.01. The van der Waals surface area contributed by atoms with Gasteiger partial charge in [-0.1, -0.05) is 0 Å². The molecule has 0 aromatic carbocycles. The predicted molar refractivity (Wildman–Crippen MR) is 28.4 cm³/mol. The van der Waals surface area contributed by atoms with Crippen molar-refractivity contribution in [3.8, 4) is 0 Å². The Kier molecular flexibility index (Phi) is 0.932. The molecule has 0 amide bonds. The summed E-state index contributed by atoms with van der Waals surface area (Å²) in [6, 6.07) is 0. The predicted octanol–water partition coefficient (Wildman–Crippen LogP) is 1.29. The Bertz CT molecular complexity index is 241. The van der Waals surface area contributed by atoms with Crippen molar-refractivity contribution in [2.75, 3.05) is 6.66 Å². The van der Waals surface area contributed by atoms with Crippen LogP contribution >= 0.6 is 7.33 Å². The molecule has 8 heteroatoms. The molecule has 1 saturated heterocycles. The summed E-state index contributed by atoms with van der Waals surface area (Å²) in [6.07, 6.45) is 0. The summed E-state index contributed by atoms with van der Waals surface area (Å²) < 4.78 is 43.1. The van der Waals surface area contributed by atoms with Gasteiger partial charge in [-0.3, -0.25) is 0 Å². The fourth-order valence-electron chi connectivity index (χ4n) is 0.515. The fraction of sp³-hybridized carbons (Fsp3) is 0.333. The molecule has 1 rings (SSSR count). The third kappa shape index (κ3) is 1.59. The van der Waals surface area contributed by atoms with Crippen molar-refractivity contribution in [3.05, 3.63) is 0 Å². The molecule has 0 radical (unpaired) electrons. The Hall–Kier alpha value is -0.840. The van der Waals surface area contributed by atoms with Gasteiger partial charge in [0.15, 0.2) is 0 Å². The van der Waals surface area contributed by atoms with E-state index in [1.54, 1.807) is 0 Å². The van der Waals surface area contributed by atoms with Crippen LogP contribution in [0.1, 0.15) is 0 Å². The molecule has 4 nitrogen and oxygen atoms in total.